The number of allylic oxidation sites excluding steroid dienone is 3. The summed E-state index contributed by atoms with van der Waals surface area (Å²) in [6.45, 7) is 3.95. The maximum absolute atomic E-state index is 12.5. The van der Waals surface area contributed by atoms with Crippen LogP contribution in [-0.4, -0.2) is 16.8 Å². The number of nitrogens with zero attached hydrogens (tertiary/aromatic N) is 1. The van der Waals surface area contributed by atoms with Crippen LogP contribution in [0.25, 0.3) is 11.6 Å². The first-order valence-corrected chi connectivity index (χ1v) is 9.48. The van der Waals surface area contributed by atoms with Crippen LogP contribution in [0.2, 0.25) is 0 Å². The Hall–Kier alpha value is -3.82. The summed E-state index contributed by atoms with van der Waals surface area (Å²) in [5.41, 5.74) is 2.62. The monoisotopic (exact) mass is 414 g/mol. The van der Waals surface area contributed by atoms with Crippen molar-refractivity contribution in [1.29, 1.82) is 5.26 Å². The Bertz CT molecular complexity index is 1170. The Kier molecular flexibility index (Phi) is 6.35. The van der Waals surface area contributed by atoms with Crippen LogP contribution in [0.1, 0.15) is 16.7 Å². The third kappa shape index (κ3) is 4.43. The molecule has 0 atom stereocenters. The van der Waals surface area contributed by atoms with E-state index in [1.807, 2.05) is 36.4 Å². The van der Waals surface area contributed by atoms with Crippen molar-refractivity contribution < 1.29 is 14.7 Å². The Morgan fingerprint density at radius 1 is 1.17 bits per heavy atom. The molecule has 0 heterocycles. The molecular weight excluding hydrogens is 396 g/mol. The van der Waals surface area contributed by atoms with Gasteiger partial charge in [-0.15, -0.1) is 12.6 Å². The Morgan fingerprint density at radius 2 is 1.83 bits per heavy atom. The van der Waals surface area contributed by atoms with E-state index in [4.69, 9.17) is 0 Å². The van der Waals surface area contributed by atoms with Gasteiger partial charge in [-0.25, -0.2) is 0 Å². The lowest BCUT2D eigenvalue weighted by Crippen LogP contribution is -2.23. The largest absolute Gasteiger partial charge is 0.503 e. The molecule has 1 aliphatic carbocycles. The maximum Gasteiger partial charge on any atom is 0.262 e. The van der Waals surface area contributed by atoms with Gasteiger partial charge in [-0.3, -0.25) is 9.59 Å². The second-order valence-corrected chi connectivity index (χ2v) is 6.98. The highest BCUT2D eigenvalue weighted by atomic mass is 32.1. The summed E-state index contributed by atoms with van der Waals surface area (Å²) < 4.78 is 0. The van der Waals surface area contributed by atoms with Crippen molar-refractivity contribution in [2.75, 3.05) is 0 Å². The maximum atomic E-state index is 12.5. The zero-order valence-electron chi connectivity index (χ0n) is 15.9. The zero-order valence-corrected chi connectivity index (χ0v) is 16.8. The zero-order chi connectivity index (χ0) is 21.7. The number of Topliss-reactive ketones (excluding diaryl/α,β-unsaturated/α-hetero) is 1. The van der Waals surface area contributed by atoms with Crippen molar-refractivity contribution in [2.45, 2.75) is 6.54 Å². The Morgan fingerprint density at radius 3 is 2.53 bits per heavy atom. The summed E-state index contributed by atoms with van der Waals surface area (Å²) in [5.74, 6) is -1.58. The number of aliphatic hydroxyl groups is 1. The number of carbonyl (C=O) groups is 2. The van der Waals surface area contributed by atoms with Crippen LogP contribution in [0.15, 0.2) is 89.1 Å². The summed E-state index contributed by atoms with van der Waals surface area (Å²) in [6.07, 6.45) is 2.99. The minimum Gasteiger partial charge on any atom is -0.503 e. The molecule has 2 aromatic carbocycles. The SMILES string of the molecule is C=C1C=C(c2ccccc2C=C(C#N)C(=O)NCc2ccccc2)C(S)=C(O)C1=O. The number of ketones is 1. The van der Waals surface area contributed by atoms with Crippen LogP contribution < -0.4 is 5.32 Å². The fourth-order valence-corrected chi connectivity index (χ4v) is 3.23. The number of benzene rings is 2. The van der Waals surface area contributed by atoms with Crippen LogP contribution in [0.4, 0.5) is 0 Å². The average molecular weight is 414 g/mol. The van der Waals surface area contributed by atoms with Gasteiger partial charge >= 0.3 is 0 Å². The van der Waals surface area contributed by atoms with Crippen molar-refractivity contribution in [2.24, 2.45) is 0 Å². The van der Waals surface area contributed by atoms with Crippen LogP contribution in [0.5, 0.6) is 0 Å². The van der Waals surface area contributed by atoms with E-state index in [9.17, 15) is 20.0 Å². The summed E-state index contributed by atoms with van der Waals surface area (Å²) in [4.78, 5) is 24.5. The summed E-state index contributed by atoms with van der Waals surface area (Å²) >= 11 is 4.27. The number of hydrogen-bond donors (Lipinski definition) is 3. The lowest BCUT2D eigenvalue weighted by molar-refractivity contribution is -0.117. The van der Waals surface area contributed by atoms with Gasteiger partial charge < -0.3 is 10.4 Å². The fraction of sp³-hybridized carbons (Fsp3) is 0.0417. The summed E-state index contributed by atoms with van der Waals surface area (Å²) in [5, 5.41) is 22.3. The van der Waals surface area contributed by atoms with Crippen molar-refractivity contribution in [3.63, 3.8) is 0 Å². The van der Waals surface area contributed by atoms with Crippen molar-refractivity contribution in [3.8, 4) is 6.07 Å². The average Bonchev–Trinajstić information content (AvgIpc) is 2.78. The number of amides is 1. The number of rotatable bonds is 5. The molecule has 0 saturated heterocycles. The van der Waals surface area contributed by atoms with Gasteiger partial charge in [0.15, 0.2) is 5.76 Å². The van der Waals surface area contributed by atoms with E-state index in [2.05, 4.69) is 24.5 Å². The number of nitrogens with one attached hydrogen (secondary N) is 1. The molecule has 6 heteroatoms. The molecular formula is C24H18N2O3S. The third-order valence-corrected chi connectivity index (χ3v) is 4.97. The minimum absolute atomic E-state index is 0.0707. The van der Waals surface area contributed by atoms with E-state index >= 15 is 0 Å². The van der Waals surface area contributed by atoms with E-state index in [0.29, 0.717) is 23.2 Å². The highest BCUT2D eigenvalue weighted by Crippen LogP contribution is 2.36. The first kappa shape index (κ1) is 20.9. The molecule has 0 aromatic heterocycles. The lowest BCUT2D eigenvalue weighted by Gasteiger charge is -2.17. The lowest BCUT2D eigenvalue weighted by atomic mass is 9.91. The summed E-state index contributed by atoms with van der Waals surface area (Å²) in [7, 11) is 0. The van der Waals surface area contributed by atoms with Crippen LogP contribution in [-0.2, 0) is 16.1 Å². The number of thiol groups is 1. The first-order valence-electron chi connectivity index (χ1n) is 9.03. The quantitative estimate of drug-likeness (QED) is 0.390. The van der Waals surface area contributed by atoms with Crippen molar-refractivity contribution >= 4 is 36.0 Å². The van der Waals surface area contributed by atoms with E-state index in [1.165, 1.54) is 12.2 Å². The van der Waals surface area contributed by atoms with Gasteiger partial charge in [0.05, 0.1) is 4.91 Å². The number of aliphatic hydroxyl groups excluding tert-OH is 1. The molecule has 148 valence electrons. The van der Waals surface area contributed by atoms with Crippen LogP contribution in [0.3, 0.4) is 0 Å². The predicted octanol–water partition coefficient (Wildman–Crippen LogP) is 4.13. The van der Waals surface area contributed by atoms with Crippen LogP contribution in [0, 0.1) is 11.3 Å². The molecule has 0 unspecified atom stereocenters. The summed E-state index contributed by atoms with van der Waals surface area (Å²) in [6, 6.07) is 18.3. The third-order valence-electron chi connectivity index (χ3n) is 4.52. The number of hydrogen-bond acceptors (Lipinski definition) is 5. The van der Waals surface area contributed by atoms with E-state index < -0.39 is 17.4 Å². The molecule has 30 heavy (non-hydrogen) atoms. The topological polar surface area (TPSA) is 90.2 Å². The highest BCUT2D eigenvalue weighted by molar-refractivity contribution is 7.85. The molecule has 1 amide bonds. The molecule has 0 bridgehead atoms. The second kappa shape index (κ2) is 9.12. The molecule has 1 aliphatic rings. The van der Waals surface area contributed by atoms with Gasteiger partial charge in [0.1, 0.15) is 11.6 Å². The van der Waals surface area contributed by atoms with E-state index in [0.717, 1.165) is 5.56 Å². The Labute approximate surface area is 179 Å². The predicted molar refractivity (Wildman–Crippen MR) is 119 cm³/mol. The molecule has 0 fully saturated rings. The minimum atomic E-state index is -0.588. The van der Waals surface area contributed by atoms with Gasteiger partial charge in [-0.05, 0) is 28.8 Å². The van der Waals surface area contributed by atoms with Gasteiger partial charge in [-0.1, -0.05) is 61.2 Å². The van der Waals surface area contributed by atoms with Crippen molar-refractivity contribution in [3.05, 3.63) is 106 Å². The molecule has 5 nitrogen and oxygen atoms in total. The number of carbonyl (C=O) groups excluding carboxylic acids is 2. The van der Waals surface area contributed by atoms with Gasteiger partial charge in [0.2, 0.25) is 5.78 Å². The smallest absolute Gasteiger partial charge is 0.262 e. The highest BCUT2D eigenvalue weighted by Gasteiger charge is 2.24. The van der Waals surface area contributed by atoms with Crippen LogP contribution >= 0.6 is 12.6 Å². The molecule has 3 rings (SSSR count). The van der Waals surface area contributed by atoms with Crippen molar-refractivity contribution in [1.82, 2.24) is 5.32 Å². The first-order chi connectivity index (χ1) is 14.4. The molecule has 0 radical (unpaired) electrons. The molecule has 0 spiro atoms. The molecule has 2 aromatic rings. The van der Waals surface area contributed by atoms with E-state index in [1.54, 1.807) is 24.3 Å². The number of nitriles is 1. The van der Waals surface area contributed by atoms with Gasteiger partial charge in [0.25, 0.3) is 5.91 Å². The van der Waals surface area contributed by atoms with Gasteiger partial charge in [0, 0.05) is 17.7 Å². The molecule has 0 saturated carbocycles. The van der Waals surface area contributed by atoms with Gasteiger partial charge in [-0.2, -0.15) is 5.26 Å². The Balaban J connectivity index is 1.93. The van der Waals surface area contributed by atoms with E-state index in [-0.39, 0.29) is 16.1 Å². The fourth-order valence-electron chi connectivity index (χ4n) is 2.95. The molecule has 2 N–H and O–H groups in total. The standard InChI is InChI=1S/C24H18N2O3S/c1-15-11-20(23(30)22(28)21(15)27)19-10-6-5-9-17(19)12-18(13-25)24(29)26-14-16-7-3-2-4-8-16/h2-12,28,30H,1,14H2,(H,26,29). The normalized spacial score (nSPS) is 14.3. The molecule has 0 aliphatic heterocycles. The second-order valence-electron chi connectivity index (χ2n) is 6.53.